The second kappa shape index (κ2) is 10.6. The monoisotopic (exact) mass is 327 g/mol. The summed E-state index contributed by atoms with van der Waals surface area (Å²) in [5.74, 6) is 1.34. The Kier molecular flexibility index (Phi) is 9.16. The van der Waals surface area contributed by atoms with Crippen molar-refractivity contribution in [2.24, 2.45) is 11.8 Å². The molecule has 1 rings (SSSR count). The number of halogens is 1. The van der Waals surface area contributed by atoms with Crippen LogP contribution in [0.3, 0.4) is 0 Å². The molecule has 1 amide bonds. The number of hydrogen-bond donors (Lipinski definition) is 2. The Balaban J connectivity index is 2.23. The average molecular weight is 327 g/mol. The van der Waals surface area contributed by atoms with E-state index in [1.165, 1.54) is 12.1 Å². The first kappa shape index (κ1) is 19.0. The molecule has 0 bridgehead atoms. The maximum absolute atomic E-state index is 12.8. The van der Waals surface area contributed by atoms with Crippen molar-refractivity contribution in [2.75, 3.05) is 18.9 Å². The molecule has 0 aromatic heterocycles. The molecule has 22 heavy (non-hydrogen) atoms. The largest absolute Gasteiger partial charge is 0.396 e. The fourth-order valence-corrected chi connectivity index (χ4v) is 3.14. The van der Waals surface area contributed by atoms with Crippen LogP contribution in [-0.2, 0) is 4.79 Å². The molecule has 0 heterocycles. The minimum Gasteiger partial charge on any atom is -0.396 e. The number of benzene rings is 1. The molecule has 1 aromatic carbocycles. The van der Waals surface area contributed by atoms with E-state index in [9.17, 15) is 9.18 Å². The molecule has 1 aromatic rings. The summed E-state index contributed by atoms with van der Waals surface area (Å²) in [5, 5.41) is 12.0. The maximum atomic E-state index is 12.8. The highest BCUT2D eigenvalue weighted by molar-refractivity contribution is 7.99. The van der Waals surface area contributed by atoms with Crippen LogP contribution in [0, 0.1) is 17.7 Å². The highest BCUT2D eigenvalue weighted by Crippen LogP contribution is 2.19. The normalized spacial score (nSPS) is 12.4. The topological polar surface area (TPSA) is 49.3 Å². The van der Waals surface area contributed by atoms with Crippen LogP contribution >= 0.6 is 11.8 Å². The van der Waals surface area contributed by atoms with Gasteiger partial charge in [0.05, 0.1) is 0 Å². The molecule has 0 saturated carbocycles. The van der Waals surface area contributed by atoms with Crippen LogP contribution in [0.2, 0.25) is 0 Å². The number of rotatable bonds is 10. The molecule has 0 aliphatic heterocycles. The molecule has 5 heteroatoms. The molecule has 0 unspecified atom stereocenters. The summed E-state index contributed by atoms with van der Waals surface area (Å²) >= 11 is 1.55. The average Bonchev–Trinajstić information content (AvgIpc) is 2.46. The molecular weight excluding hydrogens is 301 g/mol. The molecule has 0 fully saturated rings. The predicted molar refractivity (Wildman–Crippen MR) is 89.4 cm³/mol. The molecule has 0 aliphatic carbocycles. The molecule has 0 radical (unpaired) electrons. The first-order chi connectivity index (χ1) is 10.5. The second-order valence-electron chi connectivity index (χ2n) is 5.86. The number of carbonyl (C=O) groups is 1. The van der Waals surface area contributed by atoms with Crippen LogP contribution in [0.1, 0.15) is 33.1 Å². The van der Waals surface area contributed by atoms with Gasteiger partial charge in [-0.25, -0.2) is 4.39 Å². The lowest BCUT2D eigenvalue weighted by atomic mass is 9.94. The quantitative estimate of drug-likeness (QED) is 0.647. The Bertz CT molecular complexity index is 437. The van der Waals surface area contributed by atoms with Gasteiger partial charge in [0.25, 0.3) is 0 Å². The van der Waals surface area contributed by atoms with E-state index in [1.807, 2.05) is 0 Å². The molecule has 0 spiro atoms. The summed E-state index contributed by atoms with van der Waals surface area (Å²) in [4.78, 5) is 12.8. The number of thioether (sulfide) groups is 1. The van der Waals surface area contributed by atoms with Crippen LogP contribution in [0.5, 0.6) is 0 Å². The second-order valence-corrected chi connectivity index (χ2v) is 7.03. The minimum absolute atomic E-state index is 0.0290. The zero-order valence-corrected chi connectivity index (χ0v) is 14.2. The van der Waals surface area contributed by atoms with E-state index in [0.29, 0.717) is 30.6 Å². The molecule has 1 atom stereocenters. The van der Waals surface area contributed by atoms with Crippen molar-refractivity contribution in [2.45, 2.75) is 38.0 Å². The first-order valence-electron chi connectivity index (χ1n) is 7.77. The smallest absolute Gasteiger partial charge is 0.220 e. The van der Waals surface area contributed by atoms with Gasteiger partial charge in [0.15, 0.2) is 0 Å². The maximum Gasteiger partial charge on any atom is 0.220 e. The molecule has 0 aliphatic rings. The first-order valence-corrected chi connectivity index (χ1v) is 8.75. The summed E-state index contributed by atoms with van der Waals surface area (Å²) in [6, 6.07) is 6.29. The summed E-state index contributed by atoms with van der Waals surface area (Å²) in [5.41, 5.74) is 0. The lowest BCUT2D eigenvalue weighted by Gasteiger charge is -2.18. The molecule has 3 nitrogen and oxygen atoms in total. The fraction of sp³-hybridized carbons (Fsp3) is 0.588. The van der Waals surface area contributed by atoms with Gasteiger partial charge in [-0.1, -0.05) is 13.8 Å². The van der Waals surface area contributed by atoms with Crippen molar-refractivity contribution in [3.8, 4) is 0 Å². The van der Waals surface area contributed by atoms with Gasteiger partial charge in [0, 0.05) is 30.2 Å². The van der Waals surface area contributed by atoms with Crippen molar-refractivity contribution >= 4 is 17.7 Å². The highest BCUT2D eigenvalue weighted by atomic mass is 32.2. The van der Waals surface area contributed by atoms with Gasteiger partial charge in [-0.2, -0.15) is 0 Å². The van der Waals surface area contributed by atoms with Crippen LogP contribution < -0.4 is 5.32 Å². The molecule has 124 valence electrons. The number of aliphatic hydroxyl groups is 1. The van der Waals surface area contributed by atoms with E-state index in [4.69, 9.17) is 5.11 Å². The van der Waals surface area contributed by atoms with E-state index >= 15 is 0 Å². The van der Waals surface area contributed by atoms with Crippen LogP contribution in [-0.4, -0.2) is 29.9 Å². The number of aliphatic hydroxyl groups excluding tert-OH is 1. The Morgan fingerprint density at radius 3 is 2.59 bits per heavy atom. The molecular formula is C17H26FNO2S. The number of nitrogens with one attached hydrogen (secondary N) is 1. The van der Waals surface area contributed by atoms with E-state index < -0.39 is 0 Å². The van der Waals surface area contributed by atoms with E-state index in [2.05, 4.69) is 19.2 Å². The van der Waals surface area contributed by atoms with E-state index in [-0.39, 0.29) is 18.3 Å². The lowest BCUT2D eigenvalue weighted by molar-refractivity contribution is -0.120. The zero-order valence-electron chi connectivity index (χ0n) is 13.3. The molecule has 0 saturated heterocycles. The Morgan fingerprint density at radius 2 is 2.00 bits per heavy atom. The van der Waals surface area contributed by atoms with Crippen molar-refractivity contribution in [3.05, 3.63) is 30.1 Å². The third-order valence-electron chi connectivity index (χ3n) is 3.34. The zero-order chi connectivity index (χ0) is 16.4. The predicted octanol–water partition coefficient (Wildman–Crippen LogP) is 3.47. The van der Waals surface area contributed by atoms with Crippen molar-refractivity contribution < 1.29 is 14.3 Å². The molecule has 2 N–H and O–H groups in total. The number of amides is 1. The Morgan fingerprint density at radius 1 is 1.32 bits per heavy atom. The Hall–Kier alpha value is -1.07. The van der Waals surface area contributed by atoms with Crippen LogP contribution in [0.15, 0.2) is 29.2 Å². The van der Waals surface area contributed by atoms with Gasteiger partial charge >= 0.3 is 0 Å². The standard InChI is InChI=1S/C17H26FNO2S/c1-13(2)11-14(7-9-20)12-19-17(21)8-10-22-16-5-3-15(18)4-6-16/h3-6,13-14,20H,7-12H2,1-2H3,(H,19,21)/t14-/m1/s1. The summed E-state index contributed by atoms with van der Waals surface area (Å²) in [7, 11) is 0. The summed E-state index contributed by atoms with van der Waals surface area (Å²) < 4.78 is 12.8. The third kappa shape index (κ3) is 8.39. The van der Waals surface area contributed by atoms with Gasteiger partial charge < -0.3 is 10.4 Å². The van der Waals surface area contributed by atoms with Crippen LogP contribution in [0.4, 0.5) is 4.39 Å². The SMILES string of the molecule is CC(C)C[C@@H](CCO)CNC(=O)CCSc1ccc(F)cc1. The minimum atomic E-state index is -0.248. The summed E-state index contributed by atoms with van der Waals surface area (Å²) in [6.45, 7) is 5.07. The van der Waals surface area contributed by atoms with Crippen molar-refractivity contribution in [3.63, 3.8) is 0 Å². The lowest BCUT2D eigenvalue weighted by Crippen LogP contribution is -2.30. The van der Waals surface area contributed by atoms with E-state index in [1.54, 1.807) is 23.9 Å². The third-order valence-corrected chi connectivity index (χ3v) is 4.36. The van der Waals surface area contributed by atoms with E-state index in [0.717, 1.165) is 17.7 Å². The highest BCUT2D eigenvalue weighted by Gasteiger charge is 2.12. The Labute approximate surface area is 136 Å². The van der Waals surface area contributed by atoms with Gasteiger partial charge in [-0.3, -0.25) is 4.79 Å². The van der Waals surface area contributed by atoms with Crippen molar-refractivity contribution in [1.29, 1.82) is 0 Å². The van der Waals surface area contributed by atoms with Crippen molar-refractivity contribution in [1.82, 2.24) is 5.32 Å². The fourth-order valence-electron chi connectivity index (χ4n) is 2.29. The van der Waals surface area contributed by atoms with Crippen LogP contribution in [0.25, 0.3) is 0 Å². The van der Waals surface area contributed by atoms with Gasteiger partial charge in [-0.05, 0) is 48.9 Å². The number of hydrogen-bond acceptors (Lipinski definition) is 3. The van der Waals surface area contributed by atoms with Gasteiger partial charge in [0.2, 0.25) is 5.91 Å². The van der Waals surface area contributed by atoms with Gasteiger partial charge in [-0.15, -0.1) is 11.8 Å². The van der Waals surface area contributed by atoms with Gasteiger partial charge in [0.1, 0.15) is 5.82 Å². The number of carbonyl (C=O) groups excluding carboxylic acids is 1. The summed E-state index contributed by atoms with van der Waals surface area (Å²) in [6.07, 6.45) is 2.17.